The van der Waals surface area contributed by atoms with Crippen molar-refractivity contribution < 1.29 is 14.3 Å². The second-order valence-corrected chi connectivity index (χ2v) is 7.71. The molecule has 0 spiro atoms. The van der Waals surface area contributed by atoms with Crippen LogP contribution in [0.1, 0.15) is 33.6 Å². The quantitative estimate of drug-likeness (QED) is 0.712. The Morgan fingerprint density at radius 1 is 1.43 bits per heavy atom. The molecule has 1 aromatic rings. The SMILES string of the molecule is CC(C)(C)OC(=O)N1CCC(COc2nc(Cl)ncc2Br)CC1. The monoisotopic (exact) mass is 405 g/mol. The molecule has 0 atom stereocenters. The van der Waals surface area contributed by atoms with Gasteiger partial charge in [-0.2, -0.15) is 4.98 Å². The maximum Gasteiger partial charge on any atom is 0.410 e. The highest BCUT2D eigenvalue weighted by molar-refractivity contribution is 9.10. The molecular weight excluding hydrogens is 386 g/mol. The molecule has 2 rings (SSSR count). The zero-order valence-corrected chi connectivity index (χ0v) is 15.9. The summed E-state index contributed by atoms with van der Waals surface area (Å²) in [4.78, 5) is 21.7. The van der Waals surface area contributed by atoms with E-state index in [1.807, 2.05) is 20.8 Å². The smallest absolute Gasteiger partial charge is 0.410 e. The second-order valence-electron chi connectivity index (χ2n) is 6.51. The van der Waals surface area contributed by atoms with Gasteiger partial charge in [0.05, 0.1) is 11.1 Å². The van der Waals surface area contributed by atoms with Crippen molar-refractivity contribution in [3.8, 4) is 5.88 Å². The molecular formula is C15H21BrClN3O3. The van der Waals surface area contributed by atoms with Gasteiger partial charge in [-0.15, -0.1) is 0 Å². The summed E-state index contributed by atoms with van der Waals surface area (Å²) in [5.74, 6) is 0.814. The molecule has 0 radical (unpaired) electrons. The number of likely N-dealkylation sites (tertiary alicyclic amines) is 1. The summed E-state index contributed by atoms with van der Waals surface area (Å²) in [6.45, 7) is 7.50. The minimum Gasteiger partial charge on any atom is -0.476 e. The number of hydrogen-bond acceptors (Lipinski definition) is 5. The molecule has 1 fully saturated rings. The fraction of sp³-hybridized carbons (Fsp3) is 0.667. The summed E-state index contributed by atoms with van der Waals surface area (Å²) in [7, 11) is 0. The molecule has 1 aromatic heterocycles. The van der Waals surface area contributed by atoms with Gasteiger partial charge in [0.25, 0.3) is 0 Å². The van der Waals surface area contributed by atoms with Crippen molar-refractivity contribution in [3.05, 3.63) is 16.0 Å². The normalized spacial score (nSPS) is 16.3. The minimum absolute atomic E-state index is 0.156. The van der Waals surface area contributed by atoms with Crippen LogP contribution in [0, 0.1) is 5.92 Å². The number of carbonyl (C=O) groups is 1. The second kappa shape index (κ2) is 7.66. The topological polar surface area (TPSA) is 64.5 Å². The van der Waals surface area contributed by atoms with E-state index in [0.717, 1.165) is 12.8 Å². The third kappa shape index (κ3) is 5.80. The molecule has 1 saturated heterocycles. The molecule has 0 saturated carbocycles. The predicted molar refractivity (Wildman–Crippen MR) is 90.8 cm³/mol. The van der Waals surface area contributed by atoms with Gasteiger partial charge in [-0.1, -0.05) is 0 Å². The van der Waals surface area contributed by atoms with E-state index in [-0.39, 0.29) is 11.4 Å². The van der Waals surface area contributed by atoms with Crippen LogP contribution in [0.2, 0.25) is 5.28 Å². The fourth-order valence-electron chi connectivity index (χ4n) is 2.24. The molecule has 1 amide bonds. The fourth-order valence-corrected chi connectivity index (χ4v) is 2.67. The van der Waals surface area contributed by atoms with Gasteiger partial charge in [-0.3, -0.25) is 0 Å². The molecule has 6 nitrogen and oxygen atoms in total. The number of hydrogen-bond donors (Lipinski definition) is 0. The molecule has 1 aliphatic heterocycles. The molecule has 23 heavy (non-hydrogen) atoms. The summed E-state index contributed by atoms with van der Waals surface area (Å²) in [6.07, 6.45) is 3.06. The Labute approximate surface area is 149 Å². The average Bonchev–Trinajstić information content (AvgIpc) is 2.47. The first-order valence-corrected chi connectivity index (χ1v) is 8.70. The standard InChI is InChI=1S/C15H21BrClN3O3/c1-15(2,3)23-14(21)20-6-4-10(5-7-20)9-22-12-11(16)8-18-13(17)19-12/h8,10H,4-7,9H2,1-3H3. The van der Waals surface area contributed by atoms with E-state index >= 15 is 0 Å². The van der Waals surface area contributed by atoms with Crippen molar-refractivity contribution in [2.45, 2.75) is 39.2 Å². The maximum absolute atomic E-state index is 12.0. The number of ether oxygens (including phenoxy) is 2. The third-order valence-electron chi connectivity index (χ3n) is 3.40. The number of halogens is 2. The molecule has 1 aliphatic rings. The van der Waals surface area contributed by atoms with E-state index in [1.165, 1.54) is 0 Å². The first-order chi connectivity index (χ1) is 10.7. The van der Waals surface area contributed by atoms with Crippen LogP contribution in [-0.4, -0.2) is 46.3 Å². The summed E-state index contributed by atoms with van der Waals surface area (Å²) in [5.41, 5.74) is -0.463. The van der Waals surface area contributed by atoms with E-state index in [9.17, 15) is 4.79 Å². The maximum atomic E-state index is 12.0. The van der Waals surface area contributed by atoms with Gasteiger partial charge < -0.3 is 14.4 Å². The average molecular weight is 407 g/mol. The van der Waals surface area contributed by atoms with Gasteiger partial charge >= 0.3 is 6.09 Å². The summed E-state index contributed by atoms with van der Waals surface area (Å²) in [6, 6.07) is 0. The Kier molecular flexibility index (Phi) is 6.08. The minimum atomic E-state index is -0.463. The van der Waals surface area contributed by atoms with Gasteiger partial charge in [-0.25, -0.2) is 9.78 Å². The van der Waals surface area contributed by atoms with Gasteiger partial charge in [-0.05, 0) is 67.1 Å². The molecule has 2 heterocycles. The highest BCUT2D eigenvalue weighted by Crippen LogP contribution is 2.25. The molecule has 0 aromatic carbocycles. The van der Waals surface area contributed by atoms with E-state index < -0.39 is 5.60 Å². The first-order valence-electron chi connectivity index (χ1n) is 7.53. The van der Waals surface area contributed by atoms with E-state index in [0.29, 0.717) is 36.0 Å². The Morgan fingerprint density at radius 2 is 2.09 bits per heavy atom. The lowest BCUT2D eigenvalue weighted by atomic mass is 9.98. The Morgan fingerprint density at radius 3 is 2.70 bits per heavy atom. The Hall–Kier alpha value is -1.08. The van der Waals surface area contributed by atoms with Crippen LogP contribution in [0.4, 0.5) is 4.79 Å². The highest BCUT2D eigenvalue weighted by Gasteiger charge is 2.27. The molecule has 8 heteroatoms. The summed E-state index contributed by atoms with van der Waals surface area (Å²) in [5, 5.41) is 0.156. The summed E-state index contributed by atoms with van der Waals surface area (Å²) < 4.78 is 11.8. The number of carbonyl (C=O) groups excluding carboxylic acids is 1. The lowest BCUT2D eigenvalue weighted by Crippen LogP contribution is -2.42. The zero-order valence-electron chi connectivity index (χ0n) is 13.5. The Balaban J connectivity index is 1.79. The van der Waals surface area contributed by atoms with Crippen molar-refractivity contribution in [3.63, 3.8) is 0 Å². The van der Waals surface area contributed by atoms with Crippen LogP contribution in [0.15, 0.2) is 10.7 Å². The van der Waals surface area contributed by atoms with E-state index in [1.54, 1.807) is 11.1 Å². The predicted octanol–water partition coefficient (Wildman–Crippen LogP) is 3.92. The van der Waals surface area contributed by atoms with Gasteiger partial charge in [0, 0.05) is 19.3 Å². The van der Waals surface area contributed by atoms with Crippen LogP contribution >= 0.6 is 27.5 Å². The van der Waals surface area contributed by atoms with Crippen LogP contribution in [-0.2, 0) is 4.74 Å². The zero-order chi connectivity index (χ0) is 17.0. The van der Waals surface area contributed by atoms with Crippen LogP contribution in [0.3, 0.4) is 0 Å². The number of aromatic nitrogens is 2. The summed E-state index contributed by atoms with van der Waals surface area (Å²) >= 11 is 9.10. The molecule has 0 bridgehead atoms. The van der Waals surface area contributed by atoms with Gasteiger partial charge in [0.15, 0.2) is 0 Å². The van der Waals surface area contributed by atoms with Gasteiger partial charge in [0.1, 0.15) is 5.60 Å². The first kappa shape index (κ1) is 18.3. The highest BCUT2D eigenvalue weighted by atomic mass is 79.9. The number of rotatable bonds is 3. The lowest BCUT2D eigenvalue weighted by Gasteiger charge is -2.33. The molecule has 128 valence electrons. The van der Waals surface area contributed by atoms with Crippen LogP contribution < -0.4 is 4.74 Å². The third-order valence-corrected chi connectivity index (χ3v) is 4.13. The number of amides is 1. The van der Waals surface area contributed by atoms with Crippen molar-refractivity contribution in [2.75, 3.05) is 19.7 Å². The van der Waals surface area contributed by atoms with Crippen LogP contribution in [0.5, 0.6) is 5.88 Å². The lowest BCUT2D eigenvalue weighted by molar-refractivity contribution is 0.0164. The van der Waals surface area contributed by atoms with Crippen molar-refractivity contribution in [2.24, 2.45) is 5.92 Å². The molecule has 0 aliphatic carbocycles. The van der Waals surface area contributed by atoms with Crippen LogP contribution in [0.25, 0.3) is 0 Å². The van der Waals surface area contributed by atoms with E-state index in [4.69, 9.17) is 21.1 Å². The number of nitrogens with zero attached hydrogens (tertiary/aromatic N) is 3. The largest absolute Gasteiger partial charge is 0.476 e. The molecule has 0 unspecified atom stereocenters. The van der Waals surface area contributed by atoms with Crippen molar-refractivity contribution in [1.29, 1.82) is 0 Å². The number of piperidine rings is 1. The molecule has 0 N–H and O–H groups in total. The van der Waals surface area contributed by atoms with Crippen molar-refractivity contribution >= 4 is 33.6 Å². The van der Waals surface area contributed by atoms with Crippen molar-refractivity contribution in [1.82, 2.24) is 14.9 Å². The van der Waals surface area contributed by atoms with Gasteiger partial charge in [0.2, 0.25) is 11.2 Å². The van der Waals surface area contributed by atoms with E-state index in [2.05, 4.69) is 25.9 Å². The Bertz CT molecular complexity index is 557.